The number of alkyl halides is 3. The first-order chi connectivity index (χ1) is 17.2. The number of nitrogens with two attached hydrogens (primary N) is 3. The third kappa shape index (κ3) is 10.6. The molecule has 0 atom stereocenters. The van der Waals surface area contributed by atoms with Crippen LogP contribution in [-0.4, -0.2) is 52.8 Å². The molecule has 2 aromatic rings. The number of hydrogen-bond donors (Lipinski definition) is 5. The van der Waals surface area contributed by atoms with Crippen molar-refractivity contribution in [2.75, 3.05) is 18.9 Å². The molecule has 8 N–H and O–H groups in total. The lowest BCUT2D eigenvalue weighted by Crippen LogP contribution is -2.37. The number of benzene rings is 1. The smallest absolute Gasteiger partial charge is 0.475 e. The molecule has 1 amide bonds. The molecule has 13 nitrogen and oxygen atoms in total. The van der Waals surface area contributed by atoms with Gasteiger partial charge in [0.25, 0.3) is 5.56 Å². The minimum Gasteiger partial charge on any atom is -0.475 e. The highest BCUT2D eigenvalue weighted by molar-refractivity contribution is 5.94. The number of carbonyl (C=O) groups is 3. The summed E-state index contributed by atoms with van der Waals surface area (Å²) in [4.78, 5) is 51.0. The van der Waals surface area contributed by atoms with E-state index in [0.717, 1.165) is 10.1 Å². The molecule has 1 aromatic carbocycles. The molecule has 2 rings (SSSR count). The van der Waals surface area contributed by atoms with Crippen LogP contribution in [0.25, 0.3) is 0 Å². The molecule has 0 aliphatic heterocycles. The molecule has 1 heterocycles. The SMILES string of the molecule is Cc1cc(N)c(C(=O)OCc2ccccc2)c(=O)n1CC(=O)NCCON=C(N)N.O=C(O)C(F)(F)F. The molecule has 0 saturated heterocycles. The van der Waals surface area contributed by atoms with Gasteiger partial charge in [-0.2, -0.15) is 13.2 Å². The zero-order valence-corrected chi connectivity index (χ0v) is 19.4. The molecule has 0 aliphatic carbocycles. The number of ether oxygens (including phenoxy) is 1. The monoisotopic (exact) mass is 530 g/mol. The van der Waals surface area contributed by atoms with Crippen LogP contribution in [0, 0.1) is 6.92 Å². The van der Waals surface area contributed by atoms with E-state index in [4.69, 9.17) is 36.7 Å². The lowest BCUT2D eigenvalue weighted by Gasteiger charge is -2.14. The van der Waals surface area contributed by atoms with Crippen molar-refractivity contribution in [3.8, 4) is 0 Å². The topological polar surface area (TPSA) is 214 Å². The standard InChI is InChI=1S/C19H24N6O5.C2HF3O2/c1-12-9-14(20)16(18(28)29-11-13-5-3-2-4-6-13)17(27)25(12)10-15(26)23-7-8-30-24-19(21)22;3-2(4,5)1(6)7/h2-6,9H,7-8,10-11,20H2,1H3,(H,23,26)(H4,21,22,24);(H,6,7). The van der Waals surface area contributed by atoms with Gasteiger partial charge in [0, 0.05) is 5.69 Å². The van der Waals surface area contributed by atoms with Gasteiger partial charge in [0.15, 0.2) is 0 Å². The molecule has 37 heavy (non-hydrogen) atoms. The Labute approximate surface area is 207 Å². The number of halogens is 3. The van der Waals surface area contributed by atoms with Crippen molar-refractivity contribution in [3.63, 3.8) is 0 Å². The first-order valence-electron chi connectivity index (χ1n) is 10.2. The van der Waals surface area contributed by atoms with Crippen LogP contribution in [0.3, 0.4) is 0 Å². The van der Waals surface area contributed by atoms with Crippen LogP contribution < -0.4 is 28.1 Å². The van der Waals surface area contributed by atoms with E-state index in [1.165, 1.54) is 6.07 Å². The third-order valence-corrected chi connectivity index (χ3v) is 4.18. The van der Waals surface area contributed by atoms with Gasteiger partial charge in [0.1, 0.15) is 25.3 Å². The van der Waals surface area contributed by atoms with Crippen LogP contribution in [0.1, 0.15) is 21.6 Å². The molecular weight excluding hydrogens is 505 g/mol. The maximum Gasteiger partial charge on any atom is 0.490 e. The van der Waals surface area contributed by atoms with E-state index in [0.29, 0.717) is 5.69 Å². The number of carbonyl (C=O) groups excluding carboxylic acids is 2. The summed E-state index contributed by atoms with van der Waals surface area (Å²) in [6, 6.07) is 10.4. The average Bonchev–Trinajstić information content (AvgIpc) is 2.80. The van der Waals surface area contributed by atoms with Crippen molar-refractivity contribution in [3.05, 3.63) is 63.6 Å². The van der Waals surface area contributed by atoms with Crippen LogP contribution in [0.4, 0.5) is 18.9 Å². The van der Waals surface area contributed by atoms with Crippen molar-refractivity contribution in [2.24, 2.45) is 16.6 Å². The van der Waals surface area contributed by atoms with Gasteiger partial charge in [-0.25, -0.2) is 9.59 Å². The number of aliphatic carboxylic acids is 1. The van der Waals surface area contributed by atoms with Crippen LogP contribution in [0.5, 0.6) is 0 Å². The van der Waals surface area contributed by atoms with Gasteiger partial charge in [-0.15, -0.1) is 0 Å². The summed E-state index contributed by atoms with van der Waals surface area (Å²) < 4.78 is 38.1. The van der Waals surface area contributed by atoms with E-state index >= 15 is 0 Å². The molecule has 0 saturated carbocycles. The highest BCUT2D eigenvalue weighted by atomic mass is 19.4. The van der Waals surface area contributed by atoms with Crippen molar-refractivity contribution >= 4 is 29.5 Å². The maximum absolute atomic E-state index is 12.8. The number of nitrogen functional groups attached to an aromatic ring is 1. The lowest BCUT2D eigenvalue weighted by molar-refractivity contribution is -0.192. The van der Waals surface area contributed by atoms with E-state index in [9.17, 15) is 27.6 Å². The molecule has 202 valence electrons. The van der Waals surface area contributed by atoms with Crippen molar-refractivity contribution in [1.82, 2.24) is 9.88 Å². The van der Waals surface area contributed by atoms with Gasteiger partial charge in [0.2, 0.25) is 11.9 Å². The van der Waals surface area contributed by atoms with E-state index in [1.54, 1.807) is 31.2 Å². The maximum atomic E-state index is 12.8. The number of anilines is 1. The Bertz CT molecular complexity index is 1180. The van der Waals surface area contributed by atoms with Crippen molar-refractivity contribution in [2.45, 2.75) is 26.3 Å². The normalized spacial score (nSPS) is 10.4. The summed E-state index contributed by atoms with van der Waals surface area (Å²) in [6.07, 6.45) is -5.08. The van der Waals surface area contributed by atoms with Crippen LogP contribution >= 0.6 is 0 Å². The molecule has 0 bridgehead atoms. The second-order valence-electron chi connectivity index (χ2n) is 7.07. The third-order valence-electron chi connectivity index (χ3n) is 4.18. The van der Waals surface area contributed by atoms with E-state index < -0.39 is 29.6 Å². The second-order valence-corrected chi connectivity index (χ2v) is 7.07. The highest BCUT2D eigenvalue weighted by Gasteiger charge is 2.38. The minimum absolute atomic E-state index is 0.0112. The number of nitrogens with zero attached hydrogens (tertiary/aromatic N) is 2. The quantitative estimate of drug-likeness (QED) is 0.0965. The predicted octanol–water partition coefficient (Wildman–Crippen LogP) is 0.0504. The van der Waals surface area contributed by atoms with Gasteiger partial charge in [0.05, 0.1) is 12.2 Å². The largest absolute Gasteiger partial charge is 0.490 e. The second kappa shape index (κ2) is 14.0. The molecule has 0 radical (unpaired) electrons. The van der Waals surface area contributed by atoms with E-state index in [2.05, 4.69) is 10.5 Å². The number of hydrogen-bond acceptors (Lipinski definition) is 8. The first-order valence-corrected chi connectivity index (χ1v) is 10.2. The number of carboxylic acid groups (broad SMARTS) is 1. The molecule has 1 aromatic heterocycles. The van der Waals surface area contributed by atoms with Crippen LogP contribution in [0.15, 0.2) is 46.3 Å². The summed E-state index contributed by atoms with van der Waals surface area (Å²) in [7, 11) is 0. The molecule has 0 unspecified atom stereocenters. The zero-order chi connectivity index (χ0) is 28.2. The molecular formula is C21H25F3N6O7. The number of rotatable bonds is 9. The number of nitrogens with one attached hydrogen (secondary N) is 1. The van der Waals surface area contributed by atoms with Crippen LogP contribution in [0.2, 0.25) is 0 Å². The highest BCUT2D eigenvalue weighted by Crippen LogP contribution is 2.13. The number of aryl methyl sites for hydroxylation is 1. The summed E-state index contributed by atoms with van der Waals surface area (Å²) in [6.45, 7) is 1.43. The molecule has 0 spiro atoms. The van der Waals surface area contributed by atoms with Gasteiger partial charge >= 0.3 is 18.1 Å². The van der Waals surface area contributed by atoms with Gasteiger partial charge in [-0.05, 0) is 23.7 Å². The fourth-order valence-electron chi connectivity index (χ4n) is 2.55. The number of oxime groups is 1. The summed E-state index contributed by atoms with van der Waals surface area (Å²) in [5.74, 6) is -4.33. The molecule has 0 fully saturated rings. The fraction of sp³-hybridized carbons (Fsp3) is 0.286. The number of carboxylic acids is 1. The Morgan fingerprint density at radius 2 is 1.76 bits per heavy atom. The average molecular weight is 530 g/mol. The van der Waals surface area contributed by atoms with E-state index in [-0.39, 0.29) is 43.5 Å². The molecule has 16 heteroatoms. The Morgan fingerprint density at radius 3 is 2.30 bits per heavy atom. The number of amides is 1. The number of guanidine groups is 1. The van der Waals surface area contributed by atoms with Gasteiger partial charge in [-0.3, -0.25) is 9.59 Å². The Morgan fingerprint density at radius 1 is 1.16 bits per heavy atom. The zero-order valence-electron chi connectivity index (χ0n) is 19.4. The Hall–Kier alpha value is -4.76. The molecule has 0 aliphatic rings. The number of pyridine rings is 1. The van der Waals surface area contributed by atoms with E-state index in [1.807, 2.05) is 6.07 Å². The van der Waals surface area contributed by atoms with Gasteiger partial charge in [-0.1, -0.05) is 30.3 Å². The Kier molecular flexibility index (Phi) is 11.4. The lowest BCUT2D eigenvalue weighted by atomic mass is 10.2. The van der Waals surface area contributed by atoms with Crippen LogP contribution in [-0.2, 0) is 32.3 Å². The van der Waals surface area contributed by atoms with Gasteiger partial charge < -0.3 is 41.8 Å². The van der Waals surface area contributed by atoms with Crippen molar-refractivity contribution in [1.29, 1.82) is 0 Å². The predicted molar refractivity (Wildman–Crippen MR) is 124 cm³/mol. The fourth-order valence-corrected chi connectivity index (χ4v) is 2.55. The first kappa shape index (κ1) is 30.3. The summed E-state index contributed by atoms with van der Waals surface area (Å²) in [5.41, 5.74) is 16.2. The summed E-state index contributed by atoms with van der Waals surface area (Å²) in [5, 5.41) is 13.0. The number of esters is 1. The summed E-state index contributed by atoms with van der Waals surface area (Å²) >= 11 is 0. The minimum atomic E-state index is -5.08. The number of aromatic nitrogens is 1. The Balaban J connectivity index is 0.000000856. The van der Waals surface area contributed by atoms with Crippen molar-refractivity contribution < 1.29 is 42.2 Å².